The van der Waals surface area contributed by atoms with E-state index < -0.39 is 18.3 Å². The molecule has 4 aliphatic rings. The summed E-state index contributed by atoms with van der Waals surface area (Å²) >= 11 is 0. The standard InChI is InChI=1S/C25H48FN7O/c1-16-22(33(2)15-31-16)18-7-11-29-14-20(18)32-24(34)21(23(27)28)19-12-25(8-4-3-5-9-25)10-6-17(26)13-30-19/h16-23,29-31H,3-15,27-28H2,1-2H3,(H,32,34). The van der Waals surface area contributed by atoms with Crippen molar-refractivity contribution in [1.82, 2.24) is 26.2 Å². The van der Waals surface area contributed by atoms with E-state index in [4.69, 9.17) is 11.5 Å². The van der Waals surface area contributed by atoms with Gasteiger partial charge in [-0.3, -0.25) is 9.69 Å². The molecular formula is C25H48FN7O. The molecule has 1 spiro atoms. The van der Waals surface area contributed by atoms with Crippen LogP contribution in [0.25, 0.3) is 0 Å². The van der Waals surface area contributed by atoms with Crippen molar-refractivity contribution >= 4 is 5.91 Å². The van der Waals surface area contributed by atoms with Crippen molar-refractivity contribution in [3.63, 3.8) is 0 Å². The van der Waals surface area contributed by atoms with E-state index in [1.165, 1.54) is 19.3 Å². The van der Waals surface area contributed by atoms with Crippen molar-refractivity contribution in [3.8, 4) is 0 Å². The number of hydrogen-bond acceptors (Lipinski definition) is 7. The number of alkyl halides is 1. The first-order valence-electron chi connectivity index (χ1n) is 13.6. The Kier molecular flexibility index (Phi) is 8.85. The van der Waals surface area contributed by atoms with Crippen LogP contribution in [0.2, 0.25) is 0 Å². The number of carbonyl (C=O) groups is 1. The van der Waals surface area contributed by atoms with Crippen molar-refractivity contribution in [3.05, 3.63) is 0 Å². The second kappa shape index (κ2) is 11.5. The van der Waals surface area contributed by atoms with Gasteiger partial charge in [0.15, 0.2) is 0 Å². The Morgan fingerprint density at radius 2 is 1.88 bits per heavy atom. The summed E-state index contributed by atoms with van der Waals surface area (Å²) in [6.45, 7) is 5.06. The Bertz CT molecular complexity index is 664. The van der Waals surface area contributed by atoms with E-state index in [1.807, 2.05) is 0 Å². The van der Waals surface area contributed by atoms with Gasteiger partial charge in [-0.1, -0.05) is 19.3 Å². The molecule has 0 bridgehead atoms. The molecule has 1 aliphatic carbocycles. The van der Waals surface area contributed by atoms with Crippen LogP contribution in [0.1, 0.15) is 64.7 Å². The third-order valence-corrected chi connectivity index (χ3v) is 9.29. The lowest BCUT2D eigenvalue weighted by Crippen LogP contribution is -2.63. The number of amides is 1. The normalized spacial score (nSPS) is 38.4. The van der Waals surface area contributed by atoms with Crippen LogP contribution in [0.3, 0.4) is 0 Å². The highest BCUT2D eigenvalue weighted by Crippen LogP contribution is 2.46. The van der Waals surface area contributed by atoms with Crippen LogP contribution in [0, 0.1) is 17.3 Å². The highest BCUT2D eigenvalue weighted by Gasteiger charge is 2.44. The van der Waals surface area contributed by atoms with Crippen molar-refractivity contribution in [2.45, 2.75) is 101 Å². The predicted octanol–water partition coefficient (Wildman–Crippen LogP) is 0.621. The van der Waals surface area contributed by atoms with Gasteiger partial charge in [-0.05, 0) is 70.4 Å². The van der Waals surface area contributed by atoms with E-state index in [0.29, 0.717) is 24.4 Å². The van der Waals surface area contributed by atoms with Crippen molar-refractivity contribution in [2.75, 3.05) is 33.4 Å². The van der Waals surface area contributed by atoms with E-state index in [9.17, 15) is 9.18 Å². The van der Waals surface area contributed by atoms with Gasteiger partial charge in [-0.2, -0.15) is 0 Å². The second-order valence-corrected chi connectivity index (χ2v) is 11.7. The maximum Gasteiger partial charge on any atom is 0.227 e. The first-order valence-corrected chi connectivity index (χ1v) is 13.6. The van der Waals surface area contributed by atoms with Crippen molar-refractivity contribution < 1.29 is 9.18 Å². The molecule has 7 unspecified atom stereocenters. The number of rotatable bonds is 5. The molecule has 34 heavy (non-hydrogen) atoms. The SMILES string of the molecule is CC1NCN(C)C1C1CCNCC1NC(=O)C(C(N)N)C1CC2(CCCCC2)CCC(F)CN1. The summed E-state index contributed by atoms with van der Waals surface area (Å²) in [5.74, 6) is -0.321. The van der Waals surface area contributed by atoms with Crippen LogP contribution in [0.5, 0.6) is 0 Å². The summed E-state index contributed by atoms with van der Waals surface area (Å²) in [7, 11) is 2.15. The maximum absolute atomic E-state index is 14.6. The van der Waals surface area contributed by atoms with Crippen LogP contribution in [-0.2, 0) is 4.79 Å². The molecular weight excluding hydrogens is 433 g/mol. The van der Waals surface area contributed by atoms with E-state index in [0.717, 1.165) is 51.9 Å². The van der Waals surface area contributed by atoms with Gasteiger partial charge in [0.1, 0.15) is 6.17 Å². The van der Waals surface area contributed by atoms with Gasteiger partial charge >= 0.3 is 0 Å². The van der Waals surface area contributed by atoms with Crippen LogP contribution in [-0.4, -0.2) is 80.7 Å². The lowest BCUT2D eigenvalue weighted by atomic mass is 9.65. The molecule has 0 aromatic heterocycles. The Balaban J connectivity index is 1.50. The maximum atomic E-state index is 14.6. The molecule has 1 amide bonds. The highest BCUT2D eigenvalue weighted by molar-refractivity contribution is 5.80. The molecule has 196 valence electrons. The minimum Gasteiger partial charge on any atom is -0.351 e. The number of nitrogens with one attached hydrogen (secondary N) is 4. The van der Waals surface area contributed by atoms with Crippen LogP contribution >= 0.6 is 0 Å². The molecule has 0 aromatic carbocycles. The topological polar surface area (TPSA) is 120 Å². The molecule has 4 rings (SSSR count). The fourth-order valence-electron chi connectivity index (χ4n) is 7.44. The summed E-state index contributed by atoms with van der Waals surface area (Å²) in [6.07, 6.45) is 7.52. The molecule has 1 saturated carbocycles. The Hall–Kier alpha value is -0.840. The molecule has 8 nitrogen and oxygen atoms in total. The fourth-order valence-corrected chi connectivity index (χ4v) is 7.44. The lowest BCUT2D eigenvalue weighted by Gasteiger charge is -2.45. The zero-order valence-electron chi connectivity index (χ0n) is 21.2. The fraction of sp³-hybridized carbons (Fsp3) is 0.960. The number of piperidine rings is 1. The minimum absolute atomic E-state index is 0.0171. The van der Waals surface area contributed by atoms with Gasteiger partial charge < -0.3 is 32.7 Å². The van der Waals surface area contributed by atoms with Gasteiger partial charge in [-0.25, -0.2) is 4.39 Å². The molecule has 3 saturated heterocycles. The first-order chi connectivity index (χ1) is 16.3. The number of carbonyl (C=O) groups excluding carboxylic acids is 1. The van der Waals surface area contributed by atoms with Gasteiger partial charge in [0.05, 0.1) is 12.1 Å². The molecule has 4 fully saturated rings. The summed E-state index contributed by atoms with van der Waals surface area (Å²) in [5, 5.41) is 13.7. The van der Waals surface area contributed by atoms with Crippen LogP contribution in [0.4, 0.5) is 4.39 Å². The van der Waals surface area contributed by atoms with Crippen LogP contribution in [0.15, 0.2) is 0 Å². The second-order valence-electron chi connectivity index (χ2n) is 11.7. The van der Waals surface area contributed by atoms with E-state index >= 15 is 0 Å². The summed E-state index contributed by atoms with van der Waals surface area (Å²) in [6, 6.07) is 0.555. The zero-order valence-corrected chi connectivity index (χ0v) is 21.2. The Labute approximate surface area is 204 Å². The van der Waals surface area contributed by atoms with Gasteiger partial charge in [0.2, 0.25) is 5.91 Å². The largest absolute Gasteiger partial charge is 0.351 e. The predicted molar refractivity (Wildman–Crippen MR) is 134 cm³/mol. The number of nitrogens with two attached hydrogens (primary N) is 2. The smallest absolute Gasteiger partial charge is 0.227 e. The average Bonchev–Trinajstić information content (AvgIpc) is 3.14. The molecule has 0 radical (unpaired) electrons. The van der Waals surface area contributed by atoms with E-state index in [1.54, 1.807) is 0 Å². The molecule has 3 heterocycles. The lowest BCUT2D eigenvalue weighted by molar-refractivity contribution is -0.128. The number of likely N-dealkylation sites (N-methyl/N-ethyl adjacent to an activating group) is 1. The van der Waals surface area contributed by atoms with Gasteiger partial charge in [-0.15, -0.1) is 0 Å². The van der Waals surface area contributed by atoms with E-state index in [2.05, 4.69) is 40.1 Å². The monoisotopic (exact) mass is 481 g/mol. The molecule has 9 heteroatoms. The third kappa shape index (κ3) is 5.93. The van der Waals surface area contributed by atoms with Crippen LogP contribution < -0.4 is 32.7 Å². The molecule has 7 atom stereocenters. The quantitative estimate of drug-likeness (QED) is 0.319. The van der Waals surface area contributed by atoms with Gasteiger partial charge in [0.25, 0.3) is 0 Å². The Morgan fingerprint density at radius 1 is 1.12 bits per heavy atom. The third-order valence-electron chi connectivity index (χ3n) is 9.29. The molecule has 8 N–H and O–H groups in total. The number of hydrogen-bond donors (Lipinski definition) is 6. The summed E-state index contributed by atoms with van der Waals surface area (Å²) in [5.41, 5.74) is 12.6. The number of nitrogens with zero attached hydrogens (tertiary/aromatic N) is 1. The van der Waals surface area contributed by atoms with Gasteiger partial charge in [0, 0.05) is 43.9 Å². The van der Waals surface area contributed by atoms with Crippen molar-refractivity contribution in [2.24, 2.45) is 28.7 Å². The first kappa shape index (κ1) is 26.2. The Morgan fingerprint density at radius 3 is 2.56 bits per heavy atom. The summed E-state index contributed by atoms with van der Waals surface area (Å²) in [4.78, 5) is 16.1. The molecule has 0 aromatic rings. The number of halogens is 1. The van der Waals surface area contributed by atoms with E-state index in [-0.39, 0.29) is 30.0 Å². The highest BCUT2D eigenvalue weighted by atomic mass is 19.1. The molecule has 3 aliphatic heterocycles. The average molecular weight is 482 g/mol. The van der Waals surface area contributed by atoms with Crippen molar-refractivity contribution in [1.29, 1.82) is 0 Å². The minimum atomic E-state index is -0.891. The zero-order chi connectivity index (χ0) is 24.3. The summed E-state index contributed by atoms with van der Waals surface area (Å²) < 4.78 is 14.6.